The van der Waals surface area contributed by atoms with Crippen molar-refractivity contribution in [3.8, 4) is 5.75 Å². The number of ether oxygens (including phenoxy) is 2. The molecule has 1 amide bonds. The van der Waals surface area contributed by atoms with Crippen molar-refractivity contribution in [3.05, 3.63) is 70.3 Å². The van der Waals surface area contributed by atoms with Crippen molar-refractivity contribution in [2.24, 2.45) is 0 Å². The van der Waals surface area contributed by atoms with E-state index in [1.165, 1.54) is 4.90 Å². The number of ketones is 1. The molecule has 0 aromatic heterocycles. The Bertz CT molecular complexity index is 1010. The predicted octanol–water partition coefficient (Wildman–Crippen LogP) is 4.34. The molecule has 2 atom stereocenters. The number of carbonyl (C=O) groups is 2. The monoisotopic (exact) mass is 441 g/mol. The lowest BCUT2D eigenvalue weighted by atomic mass is 9.95. The molecule has 0 saturated carbocycles. The summed E-state index contributed by atoms with van der Waals surface area (Å²) in [5.41, 5.74) is 1.17. The molecule has 4 rings (SSSR count). The zero-order chi connectivity index (χ0) is 22.0. The Kier molecular flexibility index (Phi) is 6.30. The van der Waals surface area contributed by atoms with Crippen LogP contribution in [0.5, 0.6) is 5.75 Å². The van der Waals surface area contributed by atoms with Gasteiger partial charge in [-0.1, -0.05) is 23.7 Å². The minimum absolute atomic E-state index is 0.0546. The Balaban J connectivity index is 1.82. The first-order chi connectivity index (χ1) is 15.0. The summed E-state index contributed by atoms with van der Waals surface area (Å²) in [6.07, 6.45) is 1.61. The van der Waals surface area contributed by atoms with Crippen molar-refractivity contribution in [1.29, 1.82) is 0 Å². The van der Waals surface area contributed by atoms with Gasteiger partial charge in [0.2, 0.25) is 0 Å². The van der Waals surface area contributed by atoms with Gasteiger partial charge in [0.05, 0.1) is 24.3 Å². The third-order valence-electron chi connectivity index (χ3n) is 5.57. The van der Waals surface area contributed by atoms with Gasteiger partial charge in [0.25, 0.3) is 11.7 Å². The summed E-state index contributed by atoms with van der Waals surface area (Å²) in [4.78, 5) is 27.6. The van der Waals surface area contributed by atoms with Gasteiger partial charge in [-0.05, 0) is 61.7 Å². The number of aliphatic hydroxyl groups is 1. The molecule has 2 unspecified atom stereocenters. The van der Waals surface area contributed by atoms with Crippen LogP contribution in [-0.2, 0) is 14.3 Å². The minimum Gasteiger partial charge on any atom is -0.507 e. The second-order valence-electron chi connectivity index (χ2n) is 7.60. The maximum Gasteiger partial charge on any atom is 0.295 e. The molecule has 2 heterocycles. The van der Waals surface area contributed by atoms with E-state index in [-0.39, 0.29) is 24.0 Å². The molecule has 1 N–H and O–H groups in total. The van der Waals surface area contributed by atoms with Crippen molar-refractivity contribution >= 4 is 29.1 Å². The zero-order valence-electron chi connectivity index (χ0n) is 17.2. The summed E-state index contributed by atoms with van der Waals surface area (Å²) in [6.45, 7) is 3.30. The average Bonchev–Trinajstić information content (AvgIpc) is 3.37. The second-order valence-corrected chi connectivity index (χ2v) is 8.04. The molecule has 0 aliphatic carbocycles. The van der Waals surface area contributed by atoms with Crippen LogP contribution in [-0.4, -0.2) is 47.6 Å². The van der Waals surface area contributed by atoms with E-state index in [1.807, 2.05) is 25.1 Å². The lowest BCUT2D eigenvalue weighted by Gasteiger charge is -2.27. The van der Waals surface area contributed by atoms with Crippen molar-refractivity contribution in [1.82, 2.24) is 4.90 Å². The van der Waals surface area contributed by atoms with Crippen molar-refractivity contribution in [3.63, 3.8) is 0 Å². The van der Waals surface area contributed by atoms with Crippen LogP contribution in [0.4, 0.5) is 0 Å². The fourth-order valence-corrected chi connectivity index (χ4v) is 4.25. The SMILES string of the molecule is CCOc1cccc(C2/C(=C(/O)c3ccc(Cl)cc3)C(=O)C(=O)N2CC2CCCO2)c1. The first-order valence-corrected chi connectivity index (χ1v) is 10.8. The number of hydrogen-bond donors (Lipinski definition) is 1. The van der Waals surface area contributed by atoms with Crippen LogP contribution in [0.1, 0.15) is 36.9 Å². The standard InChI is InChI=1S/C24H24ClNO5/c1-2-30-18-6-3-5-16(13-18)21-20(22(27)15-8-10-17(25)11-9-15)23(28)24(29)26(21)14-19-7-4-12-31-19/h3,5-6,8-11,13,19,21,27H,2,4,7,12,14H2,1H3/b22-20-. The Labute approximate surface area is 186 Å². The molecule has 31 heavy (non-hydrogen) atoms. The van der Waals surface area contributed by atoms with Gasteiger partial charge >= 0.3 is 0 Å². The highest BCUT2D eigenvalue weighted by Gasteiger charge is 2.47. The number of Topliss-reactive ketones (excluding diaryl/α,β-unsaturated/α-hetero) is 1. The maximum absolute atomic E-state index is 13.1. The molecular weight excluding hydrogens is 418 g/mol. The van der Waals surface area contributed by atoms with Crippen molar-refractivity contribution in [2.45, 2.75) is 31.9 Å². The Morgan fingerprint density at radius 3 is 2.68 bits per heavy atom. The fraction of sp³-hybridized carbons (Fsp3) is 0.333. The Hall–Kier alpha value is -2.83. The highest BCUT2D eigenvalue weighted by molar-refractivity contribution is 6.46. The maximum atomic E-state index is 13.1. The first-order valence-electron chi connectivity index (χ1n) is 10.4. The number of halogens is 1. The van der Waals surface area contributed by atoms with E-state index >= 15 is 0 Å². The van der Waals surface area contributed by atoms with Crippen LogP contribution < -0.4 is 4.74 Å². The van der Waals surface area contributed by atoms with Crippen LogP contribution in [0.15, 0.2) is 54.1 Å². The number of hydrogen-bond acceptors (Lipinski definition) is 5. The molecule has 7 heteroatoms. The summed E-state index contributed by atoms with van der Waals surface area (Å²) >= 11 is 5.96. The van der Waals surface area contributed by atoms with Crippen molar-refractivity contribution in [2.75, 3.05) is 19.8 Å². The topological polar surface area (TPSA) is 76.1 Å². The summed E-state index contributed by atoms with van der Waals surface area (Å²) in [6, 6.07) is 13.0. The molecule has 0 bridgehead atoms. The van der Waals surface area contributed by atoms with Crippen LogP contribution in [0.3, 0.4) is 0 Å². The molecule has 2 aromatic carbocycles. The van der Waals surface area contributed by atoms with E-state index in [2.05, 4.69) is 0 Å². The molecule has 6 nitrogen and oxygen atoms in total. The number of nitrogens with zero attached hydrogens (tertiary/aromatic N) is 1. The van der Waals surface area contributed by atoms with Crippen LogP contribution in [0.2, 0.25) is 5.02 Å². The lowest BCUT2D eigenvalue weighted by molar-refractivity contribution is -0.140. The van der Waals surface area contributed by atoms with Gasteiger partial charge < -0.3 is 19.5 Å². The van der Waals surface area contributed by atoms with E-state index in [0.717, 1.165) is 12.8 Å². The summed E-state index contributed by atoms with van der Waals surface area (Å²) in [5.74, 6) is -0.944. The molecule has 2 aromatic rings. The molecule has 2 saturated heterocycles. The number of benzene rings is 2. The van der Waals surface area contributed by atoms with Gasteiger partial charge in [0, 0.05) is 23.7 Å². The number of likely N-dealkylation sites (tertiary alicyclic amines) is 1. The predicted molar refractivity (Wildman–Crippen MR) is 117 cm³/mol. The third-order valence-corrected chi connectivity index (χ3v) is 5.82. The lowest BCUT2D eigenvalue weighted by Crippen LogP contribution is -2.36. The van der Waals surface area contributed by atoms with Crippen molar-refractivity contribution < 1.29 is 24.2 Å². The van der Waals surface area contributed by atoms with E-state index in [0.29, 0.717) is 35.1 Å². The van der Waals surface area contributed by atoms with E-state index in [4.69, 9.17) is 21.1 Å². The second kappa shape index (κ2) is 9.12. The average molecular weight is 442 g/mol. The molecule has 2 fully saturated rings. The molecule has 2 aliphatic rings. The quantitative estimate of drug-likeness (QED) is 0.410. The Morgan fingerprint density at radius 1 is 1.23 bits per heavy atom. The van der Waals surface area contributed by atoms with Crippen LogP contribution in [0.25, 0.3) is 5.76 Å². The van der Waals surface area contributed by atoms with E-state index in [9.17, 15) is 14.7 Å². The molecular formula is C24H24ClNO5. The number of carbonyl (C=O) groups excluding carboxylic acids is 2. The largest absolute Gasteiger partial charge is 0.507 e. The van der Waals surface area contributed by atoms with Crippen LogP contribution in [0, 0.1) is 0 Å². The third kappa shape index (κ3) is 4.31. The summed E-state index contributed by atoms with van der Waals surface area (Å²) in [7, 11) is 0. The summed E-state index contributed by atoms with van der Waals surface area (Å²) < 4.78 is 11.3. The molecule has 162 valence electrons. The molecule has 0 radical (unpaired) electrons. The van der Waals surface area contributed by atoms with Gasteiger partial charge in [0.15, 0.2) is 0 Å². The molecule has 0 spiro atoms. The molecule has 2 aliphatic heterocycles. The van der Waals surface area contributed by atoms with Crippen LogP contribution >= 0.6 is 11.6 Å². The van der Waals surface area contributed by atoms with Gasteiger partial charge in [0.1, 0.15) is 11.5 Å². The smallest absolute Gasteiger partial charge is 0.295 e. The summed E-state index contributed by atoms with van der Waals surface area (Å²) in [5, 5.41) is 11.6. The fourth-order valence-electron chi connectivity index (χ4n) is 4.13. The highest BCUT2D eigenvalue weighted by Crippen LogP contribution is 2.41. The van der Waals surface area contributed by atoms with Gasteiger partial charge in [-0.25, -0.2) is 0 Å². The number of aliphatic hydroxyl groups excluding tert-OH is 1. The number of rotatable bonds is 6. The van der Waals surface area contributed by atoms with E-state index < -0.39 is 17.7 Å². The Morgan fingerprint density at radius 2 is 2.00 bits per heavy atom. The van der Waals surface area contributed by atoms with Gasteiger partial charge in [-0.15, -0.1) is 0 Å². The number of amides is 1. The van der Waals surface area contributed by atoms with E-state index in [1.54, 1.807) is 30.3 Å². The zero-order valence-corrected chi connectivity index (χ0v) is 18.0. The normalized spacial score (nSPS) is 22.8. The minimum atomic E-state index is -0.736. The van der Waals surface area contributed by atoms with Gasteiger partial charge in [-0.3, -0.25) is 9.59 Å². The first kappa shape index (κ1) is 21.4. The highest BCUT2D eigenvalue weighted by atomic mass is 35.5. The van der Waals surface area contributed by atoms with Gasteiger partial charge in [-0.2, -0.15) is 0 Å².